The van der Waals surface area contributed by atoms with E-state index in [9.17, 15) is 0 Å². The van der Waals surface area contributed by atoms with Crippen molar-refractivity contribution >= 4 is 23.7 Å². The summed E-state index contributed by atoms with van der Waals surface area (Å²) in [6.45, 7) is 2.67. The number of thiazole rings is 1. The Morgan fingerprint density at radius 2 is 2.47 bits per heavy atom. The second-order valence-corrected chi connectivity index (χ2v) is 4.94. The van der Waals surface area contributed by atoms with Crippen LogP contribution in [0.25, 0.3) is 0 Å². The molecular formula is C11H20ClN3OS. The molecule has 0 aliphatic carbocycles. The summed E-state index contributed by atoms with van der Waals surface area (Å²) in [4.78, 5) is 6.74. The van der Waals surface area contributed by atoms with Crippen LogP contribution in [0.4, 0.5) is 0 Å². The molecule has 0 spiro atoms. The van der Waals surface area contributed by atoms with E-state index < -0.39 is 0 Å². The van der Waals surface area contributed by atoms with Gasteiger partial charge in [-0.3, -0.25) is 4.90 Å². The van der Waals surface area contributed by atoms with Crippen LogP contribution in [0, 0.1) is 0 Å². The minimum Gasteiger partial charge on any atom is -0.381 e. The van der Waals surface area contributed by atoms with E-state index in [-0.39, 0.29) is 12.4 Å². The number of nitrogens with zero attached hydrogens (tertiary/aromatic N) is 2. The summed E-state index contributed by atoms with van der Waals surface area (Å²) in [5.41, 5.74) is 8.86. The Hall–Kier alpha value is -0.200. The van der Waals surface area contributed by atoms with E-state index in [2.05, 4.69) is 15.3 Å². The zero-order valence-electron chi connectivity index (χ0n) is 10.0. The van der Waals surface area contributed by atoms with Gasteiger partial charge in [0.05, 0.1) is 17.3 Å². The molecule has 1 aromatic rings. The summed E-state index contributed by atoms with van der Waals surface area (Å²) in [5, 5.41) is 2.11. The van der Waals surface area contributed by atoms with Gasteiger partial charge in [-0.25, -0.2) is 4.98 Å². The van der Waals surface area contributed by atoms with Crippen molar-refractivity contribution in [1.82, 2.24) is 9.88 Å². The number of nitrogens with two attached hydrogens (primary N) is 1. The Labute approximate surface area is 113 Å². The highest BCUT2D eigenvalue weighted by Gasteiger charge is 2.27. The maximum atomic E-state index is 5.82. The van der Waals surface area contributed by atoms with Gasteiger partial charge in [0.25, 0.3) is 0 Å². The second-order valence-electron chi connectivity index (χ2n) is 4.22. The summed E-state index contributed by atoms with van der Waals surface area (Å²) in [7, 11) is 1.79. The van der Waals surface area contributed by atoms with Crippen molar-refractivity contribution in [3.05, 3.63) is 16.6 Å². The van der Waals surface area contributed by atoms with Gasteiger partial charge in [0.1, 0.15) is 0 Å². The summed E-state index contributed by atoms with van der Waals surface area (Å²) in [5.74, 6) is 0. The van der Waals surface area contributed by atoms with E-state index in [1.807, 2.05) is 5.51 Å². The molecule has 2 atom stereocenters. The number of halogens is 1. The van der Waals surface area contributed by atoms with E-state index in [4.69, 9.17) is 10.5 Å². The zero-order chi connectivity index (χ0) is 11.4. The van der Waals surface area contributed by atoms with Crippen molar-refractivity contribution in [2.75, 3.05) is 20.2 Å². The minimum atomic E-state index is 0. The van der Waals surface area contributed by atoms with E-state index in [0.717, 1.165) is 31.6 Å². The fourth-order valence-corrected chi connectivity index (χ4v) is 2.80. The number of hydrogen-bond acceptors (Lipinski definition) is 5. The van der Waals surface area contributed by atoms with Gasteiger partial charge >= 0.3 is 0 Å². The molecule has 2 heterocycles. The molecule has 2 N–H and O–H groups in total. The molecule has 1 saturated heterocycles. The Morgan fingerprint density at radius 3 is 3.06 bits per heavy atom. The molecule has 1 aromatic heterocycles. The fourth-order valence-electron chi connectivity index (χ4n) is 2.25. The molecule has 2 rings (SSSR count). The van der Waals surface area contributed by atoms with Crippen molar-refractivity contribution in [2.45, 2.75) is 31.5 Å². The Kier molecular flexibility index (Phi) is 6.37. The molecule has 98 valence electrons. The Bertz CT molecular complexity index is 310. The average molecular weight is 278 g/mol. The highest BCUT2D eigenvalue weighted by Crippen LogP contribution is 2.21. The molecule has 1 fully saturated rings. The first-order valence-electron chi connectivity index (χ1n) is 5.67. The SMILES string of the molecule is COC1CCN(Cc2cscn2)C(CN)C1.Cl. The lowest BCUT2D eigenvalue weighted by molar-refractivity contribution is 0.00984. The van der Waals surface area contributed by atoms with Crippen molar-refractivity contribution in [3.8, 4) is 0 Å². The normalized spacial score (nSPS) is 25.5. The number of ether oxygens (including phenoxy) is 1. The lowest BCUT2D eigenvalue weighted by Gasteiger charge is -2.38. The van der Waals surface area contributed by atoms with Crippen molar-refractivity contribution in [3.63, 3.8) is 0 Å². The largest absolute Gasteiger partial charge is 0.381 e. The van der Waals surface area contributed by atoms with Crippen LogP contribution < -0.4 is 5.73 Å². The highest BCUT2D eigenvalue weighted by molar-refractivity contribution is 7.07. The van der Waals surface area contributed by atoms with Crippen molar-refractivity contribution in [2.24, 2.45) is 5.73 Å². The second kappa shape index (κ2) is 7.28. The maximum absolute atomic E-state index is 5.82. The van der Waals surface area contributed by atoms with E-state index >= 15 is 0 Å². The Morgan fingerprint density at radius 1 is 1.65 bits per heavy atom. The quantitative estimate of drug-likeness (QED) is 0.906. The lowest BCUT2D eigenvalue weighted by atomic mass is 9.99. The van der Waals surface area contributed by atoms with Crippen LogP contribution in [0.2, 0.25) is 0 Å². The van der Waals surface area contributed by atoms with E-state index in [1.165, 1.54) is 0 Å². The van der Waals surface area contributed by atoms with E-state index in [0.29, 0.717) is 18.7 Å². The molecular weight excluding hydrogens is 258 g/mol. The number of likely N-dealkylation sites (tertiary alicyclic amines) is 1. The standard InChI is InChI=1S/C11H19N3OS.ClH/c1-15-11-2-3-14(10(4-11)5-12)6-9-7-16-8-13-9;/h7-8,10-11H,2-6,12H2,1H3;1H. The van der Waals surface area contributed by atoms with Crippen LogP contribution in [0.3, 0.4) is 0 Å². The van der Waals surface area contributed by atoms with Gasteiger partial charge in [0, 0.05) is 38.2 Å². The smallest absolute Gasteiger partial charge is 0.0795 e. The highest BCUT2D eigenvalue weighted by atomic mass is 35.5. The van der Waals surface area contributed by atoms with Gasteiger partial charge in [-0.05, 0) is 12.8 Å². The van der Waals surface area contributed by atoms with Crippen LogP contribution >= 0.6 is 23.7 Å². The van der Waals surface area contributed by atoms with Crippen LogP contribution in [0.1, 0.15) is 18.5 Å². The van der Waals surface area contributed by atoms with Gasteiger partial charge in [-0.2, -0.15) is 0 Å². The molecule has 2 unspecified atom stereocenters. The average Bonchev–Trinajstić information content (AvgIpc) is 2.82. The molecule has 6 heteroatoms. The van der Waals surface area contributed by atoms with Gasteiger partial charge in [0.15, 0.2) is 0 Å². The van der Waals surface area contributed by atoms with Gasteiger partial charge in [-0.15, -0.1) is 23.7 Å². The number of piperidine rings is 1. The predicted molar refractivity (Wildman–Crippen MR) is 72.6 cm³/mol. The summed E-state index contributed by atoms with van der Waals surface area (Å²) in [6.07, 6.45) is 2.51. The predicted octanol–water partition coefficient (Wildman–Crippen LogP) is 1.50. The summed E-state index contributed by atoms with van der Waals surface area (Å²) >= 11 is 1.65. The van der Waals surface area contributed by atoms with Crippen molar-refractivity contribution < 1.29 is 4.74 Å². The number of hydrogen-bond donors (Lipinski definition) is 1. The summed E-state index contributed by atoms with van der Waals surface area (Å²) in [6, 6.07) is 0.431. The summed E-state index contributed by atoms with van der Waals surface area (Å²) < 4.78 is 5.41. The molecule has 0 radical (unpaired) electrons. The zero-order valence-corrected chi connectivity index (χ0v) is 11.7. The van der Waals surface area contributed by atoms with Crippen LogP contribution in [0.15, 0.2) is 10.9 Å². The van der Waals surface area contributed by atoms with E-state index in [1.54, 1.807) is 18.4 Å². The molecule has 1 aliphatic rings. The number of aromatic nitrogens is 1. The minimum absolute atomic E-state index is 0. The molecule has 4 nitrogen and oxygen atoms in total. The van der Waals surface area contributed by atoms with Gasteiger partial charge in [0.2, 0.25) is 0 Å². The van der Waals surface area contributed by atoms with Crippen LogP contribution in [0.5, 0.6) is 0 Å². The molecule has 0 aromatic carbocycles. The lowest BCUT2D eigenvalue weighted by Crippen LogP contribution is -2.48. The molecule has 0 amide bonds. The first-order valence-corrected chi connectivity index (χ1v) is 6.61. The monoisotopic (exact) mass is 277 g/mol. The van der Waals surface area contributed by atoms with Gasteiger partial charge < -0.3 is 10.5 Å². The first kappa shape index (κ1) is 14.9. The number of rotatable bonds is 4. The third-order valence-electron chi connectivity index (χ3n) is 3.24. The third kappa shape index (κ3) is 3.89. The third-order valence-corrected chi connectivity index (χ3v) is 3.88. The topological polar surface area (TPSA) is 51.4 Å². The molecule has 1 aliphatic heterocycles. The first-order chi connectivity index (χ1) is 7.83. The molecule has 0 bridgehead atoms. The van der Waals surface area contributed by atoms with Crippen LogP contribution in [-0.4, -0.2) is 42.2 Å². The van der Waals surface area contributed by atoms with Gasteiger partial charge in [-0.1, -0.05) is 0 Å². The fraction of sp³-hybridized carbons (Fsp3) is 0.727. The molecule has 0 saturated carbocycles. The molecule has 17 heavy (non-hydrogen) atoms. The maximum Gasteiger partial charge on any atom is 0.0795 e. The number of methoxy groups -OCH3 is 1. The van der Waals surface area contributed by atoms with Crippen LogP contribution in [-0.2, 0) is 11.3 Å². The Balaban J connectivity index is 0.00000144. The van der Waals surface area contributed by atoms with Crippen molar-refractivity contribution in [1.29, 1.82) is 0 Å².